The summed E-state index contributed by atoms with van der Waals surface area (Å²) in [6.07, 6.45) is 0. The third-order valence-corrected chi connectivity index (χ3v) is 7.64. The molecule has 9 heteroatoms. The lowest BCUT2D eigenvalue weighted by Crippen LogP contribution is -3.13. The van der Waals surface area contributed by atoms with Gasteiger partial charge in [0.2, 0.25) is 10.0 Å². The molecule has 164 valence electrons. The van der Waals surface area contributed by atoms with Gasteiger partial charge in [-0.2, -0.15) is 4.31 Å². The number of rotatable bonds is 5. The van der Waals surface area contributed by atoms with E-state index in [1.54, 1.807) is 13.2 Å². The first-order chi connectivity index (χ1) is 14.8. The second kappa shape index (κ2) is 8.41. The summed E-state index contributed by atoms with van der Waals surface area (Å²) >= 11 is 0. The molecule has 1 saturated heterocycles. The molecule has 0 unspecified atom stereocenters. The normalized spacial score (nSPS) is 16.0. The van der Waals surface area contributed by atoms with Crippen molar-refractivity contribution in [2.45, 2.75) is 11.4 Å². The number of ether oxygens (including phenoxy) is 1. The quantitative estimate of drug-likeness (QED) is 0.625. The van der Waals surface area contributed by atoms with Crippen LogP contribution in [0.5, 0.6) is 11.5 Å². The van der Waals surface area contributed by atoms with Crippen molar-refractivity contribution in [1.29, 1.82) is 0 Å². The second-order valence-corrected chi connectivity index (χ2v) is 9.41. The molecule has 6 nitrogen and oxygen atoms in total. The number of quaternary nitrogens is 1. The molecule has 0 atom stereocenters. The first kappa shape index (κ1) is 21.5. The van der Waals surface area contributed by atoms with Crippen LogP contribution in [-0.4, -0.2) is 51.1 Å². The van der Waals surface area contributed by atoms with Gasteiger partial charge in [0, 0.05) is 0 Å². The minimum Gasteiger partial charge on any atom is -0.507 e. The third-order valence-electron chi connectivity index (χ3n) is 5.69. The molecule has 0 spiro atoms. The van der Waals surface area contributed by atoms with Crippen molar-refractivity contribution in [3.8, 4) is 11.5 Å². The molecule has 3 aromatic rings. The average Bonchev–Trinajstić information content (AvgIpc) is 2.75. The largest absolute Gasteiger partial charge is 0.507 e. The lowest BCUT2D eigenvalue weighted by Gasteiger charge is -2.32. The third kappa shape index (κ3) is 4.08. The van der Waals surface area contributed by atoms with Gasteiger partial charge in [-0.25, -0.2) is 17.2 Å². The highest BCUT2D eigenvalue weighted by atomic mass is 32.2. The van der Waals surface area contributed by atoms with Gasteiger partial charge in [-0.3, -0.25) is 0 Å². The summed E-state index contributed by atoms with van der Waals surface area (Å²) in [6.45, 7) is 1.61. The standard InChI is InChI=1S/C22H22F2N2O4S/c1-30-16-7-5-15-6-8-21(27)18(17(15)13-16)14-25-9-11-26(12-10-25)31(28,29)22-19(23)3-2-4-20(22)24/h2-8,13,27H,9-12,14H2,1H3/p+1. The van der Waals surface area contributed by atoms with Crippen LogP contribution in [0.4, 0.5) is 8.78 Å². The van der Waals surface area contributed by atoms with E-state index < -0.39 is 26.6 Å². The molecule has 1 aliphatic rings. The van der Waals surface area contributed by atoms with Gasteiger partial charge >= 0.3 is 0 Å². The molecule has 4 rings (SSSR count). The number of sulfonamides is 1. The molecule has 0 radical (unpaired) electrons. The van der Waals surface area contributed by atoms with Crippen molar-refractivity contribution < 1.29 is 31.9 Å². The van der Waals surface area contributed by atoms with Gasteiger partial charge in [-0.15, -0.1) is 0 Å². The summed E-state index contributed by atoms with van der Waals surface area (Å²) in [6, 6.07) is 12.1. The fourth-order valence-electron chi connectivity index (χ4n) is 3.99. The van der Waals surface area contributed by atoms with Crippen molar-refractivity contribution in [2.75, 3.05) is 33.3 Å². The topological polar surface area (TPSA) is 71.3 Å². The van der Waals surface area contributed by atoms with E-state index in [1.165, 1.54) is 0 Å². The summed E-state index contributed by atoms with van der Waals surface area (Å²) in [5, 5.41) is 12.3. The molecular weight excluding hydrogens is 426 g/mol. The molecule has 0 aromatic heterocycles. The van der Waals surface area contributed by atoms with Gasteiger partial charge in [0.1, 0.15) is 29.7 Å². The Balaban J connectivity index is 1.53. The molecule has 0 aliphatic carbocycles. The van der Waals surface area contributed by atoms with Gasteiger partial charge in [0.25, 0.3) is 0 Å². The van der Waals surface area contributed by atoms with Crippen LogP contribution < -0.4 is 9.64 Å². The molecule has 31 heavy (non-hydrogen) atoms. The van der Waals surface area contributed by atoms with Crippen LogP contribution in [0.1, 0.15) is 5.56 Å². The van der Waals surface area contributed by atoms with Gasteiger partial charge in [-0.05, 0) is 41.1 Å². The van der Waals surface area contributed by atoms with Gasteiger partial charge in [-0.1, -0.05) is 18.2 Å². The Hall–Kier alpha value is -2.75. The van der Waals surface area contributed by atoms with Crippen LogP contribution in [0, 0.1) is 11.6 Å². The smallest absolute Gasteiger partial charge is 0.249 e. The minimum absolute atomic E-state index is 0.125. The van der Waals surface area contributed by atoms with Crippen molar-refractivity contribution in [3.63, 3.8) is 0 Å². The molecule has 0 amide bonds. The predicted molar refractivity (Wildman–Crippen MR) is 112 cm³/mol. The Morgan fingerprint density at radius 2 is 1.71 bits per heavy atom. The first-order valence-electron chi connectivity index (χ1n) is 9.87. The Bertz CT molecular complexity index is 1210. The number of nitrogens with one attached hydrogen (secondary N) is 1. The number of hydrogen-bond acceptors (Lipinski definition) is 4. The van der Waals surface area contributed by atoms with Gasteiger partial charge < -0.3 is 14.7 Å². The first-order valence-corrected chi connectivity index (χ1v) is 11.3. The number of phenolic OH excluding ortho intramolecular Hbond substituents is 1. The van der Waals surface area contributed by atoms with E-state index in [4.69, 9.17) is 4.74 Å². The number of fused-ring (bicyclic) bond motifs is 1. The average molecular weight is 449 g/mol. The lowest BCUT2D eigenvalue weighted by molar-refractivity contribution is -0.917. The number of nitrogens with zero attached hydrogens (tertiary/aromatic N) is 1. The zero-order chi connectivity index (χ0) is 22.2. The lowest BCUT2D eigenvalue weighted by atomic mass is 10.0. The van der Waals surface area contributed by atoms with Crippen LogP contribution in [0.2, 0.25) is 0 Å². The molecule has 0 saturated carbocycles. The molecule has 0 bridgehead atoms. The molecule has 2 N–H and O–H groups in total. The van der Waals surface area contributed by atoms with E-state index in [9.17, 15) is 22.3 Å². The number of hydrogen-bond donors (Lipinski definition) is 2. The number of benzene rings is 3. The SMILES string of the molecule is COc1ccc2ccc(O)c(C[NH+]3CCN(S(=O)(=O)c4c(F)cccc4F)CC3)c2c1. The molecule has 3 aromatic carbocycles. The highest BCUT2D eigenvalue weighted by molar-refractivity contribution is 7.89. The van der Waals surface area contributed by atoms with Crippen LogP contribution in [0.3, 0.4) is 0 Å². The Labute approximate surface area is 179 Å². The van der Waals surface area contributed by atoms with Crippen molar-refractivity contribution in [1.82, 2.24) is 4.31 Å². The minimum atomic E-state index is -4.27. The zero-order valence-corrected chi connectivity index (χ0v) is 17.8. The maximum absolute atomic E-state index is 14.0. The summed E-state index contributed by atoms with van der Waals surface area (Å²) in [5.74, 6) is -1.34. The Morgan fingerprint density at radius 3 is 2.35 bits per heavy atom. The number of phenols is 1. The highest BCUT2D eigenvalue weighted by Crippen LogP contribution is 2.30. The maximum Gasteiger partial charge on any atom is 0.249 e. The molecule has 1 heterocycles. The molecule has 1 aliphatic heterocycles. The summed E-state index contributed by atoms with van der Waals surface area (Å²) < 4.78 is 60.0. The maximum atomic E-state index is 14.0. The van der Waals surface area contributed by atoms with E-state index in [1.807, 2.05) is 24.3 Å². The summed E-state index contributed by atoms with van der Waals surface area (Å²) in [7, 11) is -2.69. The highest BCUT2D eigenvalue weighted by Gasteiger charge is 2.34. The van der Waals surface area contributed by atoms with E-state index in [0.717, 1.165) is 43.7 Å². The van der Waals surface area contributed by atoms with E-state index in [-0.39, 0.29) is 18.8 Å². The Morgan fingerprint density at radius 1 is 1.06 bits per heavy atom. The fraction of sp³-hybridized carbons (Fsp3) is 0.273. The molecule has 1 fully saturated rings. The van der Waals surface area contributed by atoms with Crippen LogP contribution in [0.15, 0.2) is 53.4 Å². The van der Waals surface area contributed by atoms with Crippen molar-refractivity contribution >= 4 is 20.8 Å². The number of halogens is 2. The predicted octanol–water partition coefficient (Wildman–Crippen LogP) is 1.92. The Kier molecular flexibility index (Phi) is 5.83. The number of methoxy groups -OCH3 is 1. The van der Waals surface area contributed by atoms with E-state index in [0.29, 0.717) is 25.4 Å². The van der Waals surface area contributed by atoms with Crippen LogP contribution in [0.25, 0.3) is 10.8 Å². The van der Waals surface area contributed by atoms with Gasteiger partial charge in [0.15, 0.2) is 4.90 Å². The van der Waals surface area contributed by atoms with Crippen LogP contribution >= 0.6 is 0 Å². The van der Waals surface area contributed by atoms with E-state index in [2.05, 4.69) is 0 Å². The van der Waals surface area contributed by atoms with E-state index >= 15 is 0 Å². The summed E-state index contributed by atoms with van der Waals surface area (Å²) in [5.41, 5.74) is 0.753. The summed E-state index contributed by atoms with van der Waals surface area (Å²) in [4.78, 5) is 0.156. The van der Waals surface area contributed by atoms with Crippen molar-refractivity contribution in [3.05, 3.63) is 65.7 Å². The number of aromatic hydroxyl groups is 1. The fourth-order valence-corrected chi connectivity index (χ4v) is 5.54. The van der Waals surface area contributed by atoms with Gasteiger partial charge in [0.05, 0.1) is 38.9 Å². The van der Waals surface area contributed by atoms with Crippen molar-refractivity contribution in [2.24, 2.45) is 0 Å². The monoisotopic (exact) mass is 449 g/mol. The molecular formula is C22H23F2N2O4S+. The second-order valence-electron chi connectivity index (χ2n) is 7.53. The number of piperazine rings is 1. The zero-order valence-electron chi connectivity index (χ0n) is 16.9. The van der Waals surface area contributed by atoms with Crippen LogP contribution in [-0.2, 0) is 16.6 Å².